The fraction of sp³-hybridized carbons (Fsp3) is 0. The van der Waals surface area contributed by atoms with Crippen LogP contribution in [0, 0.1) is 0 Å². The maximum absolute atomic E-state index is 6.84. The number of hydrogen-bond acceptors (Lipinski definition) is 2. The van der Waals surface area contributed by atoms with Crippen molar-refractivity contribution in [3.63, 3.8) is 0 Å². The minimum absolute atomic E-state index is 0.862. The van der Waals surface area contributed by atoms with Gasteiger partial charge in [0.15, 0.2) is 5.58 Å². The van der Waals surface area contributed by atoms with Crippen LogP contribution in [0.4, 0.5) is 17.1 Å². The summed E-state index contributed by atoms with van der Waals surface area (Å²) in [4.78, 5) is 2.35. The summed E-state index contributed by atoms with van der Waals surface area (Å²) >= 11 is 0. The highest BCUT2D eigenvalue weighted by Crippen LogP contribution is 2.46. The second kappa shape index (κ2) is 17.6. The molecule has 3 nitrogen and oxygen atoms in total. The SMILES string of the molecule is c1ccc(-c2cccc(-c3ccc(N(c4ccc(-c5ccc(-c6ccc(-c7ccc8c(c7)c7ccccc7n8-c7ccccc7)cc6)cc5)cc4)c4cc5ccccc5c5c4oc4ccccc45)cc3)c2)cc1. The van der Waals surface area contributed by atoms with Crippen molar-refractivity contribution in [1.82, 2.24) is 4.57 Å². The molecule has 0 atom stereocenters. The average Bonchev–Trinajstić information content (AvgIpc) is 4.03. The van der Waals surface area contributed by atoms with Crippen LogP contribution < -0.4 is 4.90 Å². The fourth-order valence-corrected chi connectivity index (χ4v) is 11.0. The Balaban J connectivity index is 0.785. The zero-order valence-electron chi connectivity index (χ0n) is 39.9. The first kappa shape index (κ1) is 42.2. The van der Waals surface area contributed by atoms with Gasteiger partial charge in [0.25, 0.3) is 0 Å². The number of para-hydroxylation sites is 3. The summed E-state index contributed by atoms with van der Waals surface area (Å²) in [6.45, 7) is 0. The van der Waals surface area contributed by atoms with E-state index in [1.165, 1.54) is 71.8 Å². The maximum Gasteiger partial charge on any atom is 0.160 e. The predicted octanol–water partition coefficient (Wildman–Crippen LogP) is 19.6. The van der Waals surface area contributed by atoms with Crippen molar-refractivity contribution >= 4 is 71.6 Å². The second-order valence-electron chi connectivity index (χ2n) is 18.9. The molecule has 12 aromatic carbocycles. The Kier molecular flexibility index (Phi) is 10.2. The van der Waals surface area contributed by atoms with Crippen LogP contribution in [-0.2, 0) is 0 Å². The van der Waals surface area contributed by atoms with Gasteiger partial charge in [0.05, 0.1) is 16.7 Å². The van der Waals surface area contributed by atoms with Crippen molar-refractivity contribution in [3.8, 4) is 61.3 Å². The lowest BCUT2D eigenvalue weighted by atomic mass is 9.97. The lowest BCUT2D eigenvalue weighted by Crippen LogP contribution is -2.10. The van der Waals surface area contributed by atoms with Gasteiger partial charge in [0, 0.05) is 38.6 Å². The quantitative estimate of drug-likeness (QED) is 0.144. The van der Waals surface area contributed by atoms with E-state index in [0.717, 1.165) is 61.1 Å². The molecular weight excluding hydrogens is 885 g/mol. The fourth-order valence-electron chi connectivity index (χ4n) is 11.0. The minimum Gasteiger partial charge on any atom is -0.454 e. The van der Waals surface area contributed by atoms with Gasteiger partial charge in [-0.2, -0.15) is 0 Å². The molecule has 0 amide bonds. The highest BCUT2D eigenvalue weighted by Gasteiger charge is 2.22. The summed E-state index contributed by atoms with van der Waals surface area (Å²) in [5, 5.41) is 7.08. The first-order chi connectivity index (χ1) is 36.2. The van der Waals surface area contributed by atoms with E-state index in [4.69, 9.17) is 4.42 Å². The largest absolute Gasteiger partial charge is 0.454 e. The molecule has 0 aliphatic carbocycles. The normalized spacial score (nSPS) is 11.6. The van der Waals surface area contributed by atoms with Crippen LogP contribution in [0.3, 0.4) is 0 Å². The molecule has 0 N–H and O–H groups in total. The number of furan rings is 1. The summed E-state index contributed by atoms with van der Waals surface area (Å²) in [5.41, 5.74) is 20.2. The summed E-state index contributed by atoms with van der Waals surface area (Å²) in [6, 6.07) is 101. The van der Waals surface area contributed by atoms with Gasteiger partial charge in [-0.1, -0.05) is 206 Å². The van der Waals surface area contributed by atoms with Crippen molar-refractivity contribution in [2.75, 3.05) is 4.90 Å². The van der Waals surface area contributed by atoms with Gasteiger partial charge >= 0.3 is 0 Å². The van der Waals surface area contributed by atoms with E-state index in [0.29, 0.717) is 0 Å². The van der Waals surface area contributed by atoms with Gasteiger partial charge in [-0.15, -0.1) is 0 Å². The summed E-state index contributed by atoms with van der Waals surface area (Å²) < 4.78 is 9.20. The highest BCUT2D eigenvalue weighted by molar-refractivity contribution is 6.23. The Bertz CT molecular complexity index is 4320. The van der Waals surface area contributed by atoms with Gasteiger partial charge in [0.2, 0.25) is 0 Å². The Morgan fingerprint density at radius 2 is 0.726 bits per heavy atom. The smallest absolute Gasteiger partial charge is 0.160 e. The van der Waals surface area contributed by atoms with Crippen LogP contribution in [-0.4, -0.2) is 4.57 Å². The van der Waals surface area contributed by atoms with E-state index in [1.54, 1.807) is 0 Å². The van der Waals surface area contributed by atoms with E-state index in [9.17, 15) is 0 Å². The highest BCUT2D eigenvalue weighted by atomic mass is 16.3. The molecule has 0 aliphatic rings. The van der Waals surface area contributed by atoms with E-state index < -0.39 is 0 Å². The maximum atomic E-state index is 6.84. The third-order valence-corrected chi connectivity index (χ3v) is 14.6. The molecule has 0 radical (unpaired) electrons. The Morgan fingerprint density at radius 1 is 0.288 bits per heavy atom. The molecule has 0 saturated heterocycles. The molecule has 0 spiro atoms. The third-order valence-electron chi connectivity index (χ3n) is 14.6. The second-order valence-corrected chi connectivity index (χ2v) is 18.9. The molecule has 3 heteroatoms. The molecule has 2 heterocycles. The van der Waals surface area contributed by atoms with E-state index >= 15 is 0 Å². The van der Waals surface area contributed by atoms with Gasteiger partial charge in [-0.3, -0.25) is 0 Å². The third kappa shape index (κ3) is 7.46. The average molecular weight is 931 g/mol. The molecule has 0 saturated carbocycles. The molecule has 0 fully saturated rings. The lowest BCUT2D eigenvalue weighted by molar-refractivity contribution is 0.669. The number of hydrogen-bond donors (Lipinski definition) is 0. The predicted molar refractivity (Wildman–Crippen MR) is 307 cm³/mol. The zero-order chi connectivity index (χ0) is 48.2. The summed E-state index contributed by atoms with van der Waals surface area (Å²) in [6.07, 6.45) is 0. The van der Waals surface area contributed by atoms with Crippen molar-refractivity contribution in [2.45, 2.75) is 0 Å². The molecule has 0 unspecified atom stereocenters. The van der Waals surface area contributed by atoms with Crippen molar-refractivity contribution in [3.05, 3.63) is 279 Å². The number of aromatic nitrogens is 1. The van der Waals surface area contributed by atoms with Crippen LogP contribution in [0.2, 0.25) is 0 Å². The number of rotatable bonds is 9. The topological polar surface area (TPSA) is 21.3 Å². The van der Waals surface area contributed by atoms with Crippen molar-refractivity contribution < 1.29 is 4.42 Å². The molecule has 2 aromatic heterocycles. The minimum atomic E-state index is 0.862. The molecule has 73 heavy (non-hydrogen) atoms. The zero-order valence-corrected chi connectivity index (χ0v) is 39.9. The molecule has 14 aromatic rings. The monoisotopic (exact) mass is 930 g/mol. The standard InChI is InChI=1S/C70H46N2O/c1-3-14-47(15-4-1)54-17-13-18-55(44-54)53-36-41-60(42-37-53)71(67-46-57-16-7-8-21-61(57)69-63-23-10-12-25-68(63)73-70(67)69)59-39-34-51(35-40-59)50-28-26-48(27-29-50)49-30-32-52(33-31-49)56-38-43-66-64(45-56)62-22-9-11-24-65(62)72(66)58-19-5-2-6-20-58/h1-46H. The number of anilines is 3. The first-order valence-corrected chi connectivity index (χ1v) is 25.0. The number of fused-ring (bicyclic) bond motifs is 8. The van der Waals surface area contributed by atoms with Gasteiger partial charge in [0.1, 0.15) is 5.58 Å². The lowest BCUT2D eigenvalue weighted by Gasteiger charge is -2.26. The molecule has 0 bridgehead atoms. The number of benzene rings is 12. The van der Waals surface area contributed by atoms with Crippen LogP contribution in [0.15, 0.2) is 283 Å². The van der Waals surface area contributed by atoms with Gasteiger partial charge < -0.3 is 13.9 Å². The van der Waals surface area contributed by atoms with Crippen molar-refractivity contribution in [1.29, 1.82) is 0 Å². The summed E-state index contributed by atoms with van der Waals surface area (Å²) in [5.74, 6) is 0. The van der Waals surface area contributed by atoms with Crippen molar-refractivity contribution in [2.24, 2.45) is 0 Å². The Labute approximate surface area is 423 Å². The van der Waals surface area contributed by atoms with E-state index in [1.807, 2.05) is 6.07 Å². The Hall–Kier alpha value is -9.70. The Morgan fingerprint density at radius 3 is 1.36 bits per heavy atom. The molecule has 0 aliphatic heterocycles. The molecule has 342 valence electrons. The molecular formula is C70H46N2O. The number of nitrogens with zero attached hydrogens (tertiary/aromatic N) is 2. The van der Waals surface area contributed by atoms with Crippen LogP contribution >= 0.6 is 0 Å². The van der Waals surface area contributed by atoms with Crippen LogP contribution in [0.1, 0.15) is 0 Å². The molecule has 14 rings (SSSR count). The van der Waals surface area contributed by atoms with Crippen LogP contribution in [0.25, 0.3) is 116 Å². The van der Waals surface area contributed by atoms with Gasteiger partial charge in [-0.25, -0.2) is 0 Å². The van der Waals surface area contributed by atoms with Gasteiger partial charge in [-0.05, 0) is 139 Å². The van der Waals surface area contributed by atoms with E-state index in [-0.39, 0.29) is 0 Å². The van der Waals surface area contributed by atoms with E-state index in [2.05, 4.69) is 282 Å². The summed E-state index contributed by atoms with van der Waals surface area (Å²) in [7, 11) is 0. The van der Waals surface area contributed by atoms with Crippen LogP contribution in [0.5, 0.6) is 0 Å². The first-order valence-electron chi connectivity index (χ1n) is 25.0.